The largest absolute Gasteiger partial charge is 0.378 e. The molecule has 3 N–H and O–H groups in total. The first-order chi connectivity index (χ1) is 19.3. The van der Waals surface area contributed by atoms with Crippen LogP contribution in [0.4, 0.5) is 5.69 Å². The van der Waals surface area contributed by atoms with Gasteiger partial charge in [0, 0.05) is 52.1 Å². The van der Waals surface area contributed by atoms with Crippen molar-refractivity contribution < 1.29 is 27.8 Å². The van der Waals surface area contributed by atoms with Crippen molar-refractivity contribution in [2.45, 2.75) is 76.4 Å². The van der Waals surface area contributed by atoms with Gasteiger partial charge in [-0.05, 0) is 58.0 Å². The molecule has 13 heteroatoms. The molecule has 2 rings (SSSR count). The van der Waals surface area contributed by atoms with E-state index in [1.165, 1.54) is 28.3 Å². The van der Waals surface area contributed by atoms with Gasteiger partial charge in [0.2, 0.25) is 6.41 Å². The highest BCUT2D eigenvalue weighted by molar-refractivity contribution is 7.90. The summed E-state index contributed by atoms with van der Waals surface area (Å²) in [5, 5.41) is 11.4. The fraction of sp³-hybridized carbons (Fsp3) is 0.643. The van der Waals surface area contributed by atoms with E-state index in [1.807, 2.05) is 33.9 Å². The average molecular weight is 599 g/mol. The van der Waals surface area contributed by atoms with Crippen molar-refractivity contribution in [1.82, 2.24) is 14.8 Å². The van der Waals surface area contributed by atoms with Crippen LogP contribution in [0.1, 0.15) is 47.0 Å². The van der Waals surface area contributed by atoms with Crippen LogP contribution in [0.15, 0.2) is 45.3 Å². The third-order valence-corrected chi connectivity index (χ3v) is 7.73. The van der Waals surface area contributed by atoms with E-state index in [2.05, 4.69) is 16.3 Å². The summed E-state index contributed by atoms with van der Waals surface area (Å²) in [7, 11) is 3.12. The lowest BCUT2D eigenvalue weighted by atomic mass is 10.0. The Labute approximate surface area is 246 Å². The average Bonchev–Trinajstić information content (AvgIpc) is 2.93. The molecule has 1 heterocycles. The number of amides is 1. The second-order valence-electron chi connectivity index (χ2n) is 10.2. The van der Waals surface area contributed by atoms with Crippen LogP contribution in [0.3, 0.4) is 0 Å². The van der Waals surface area contributed by atoms with E-state index in [0.717, 1.165) is 25.0 Å². The molecule has 1 aliphatic rings. The third-order valence-electron chi connectivity index (χ3n) is 6.49. The second kappa shape index (κ2) is 18.1. The smallest absolute Gasteiger partial charge is 0.283 e. The Kier molecular flexibility index (Phi) is 16.1. The number of benzene rings is 1. The molecule has 41 heavy (non-hydrogen) atoms. The van der Waals surface area contributed by atoms with Crippen molar-refractivity contribution in [2.75, 3.05) is 52.8 Å². The number of anilines is 1. The minimum Gasteiger partial charge on any atom is -0.378 e. The van der Waals surface area contributed by atoms with Gasteiger partial charge < -0.3 is 34.3 Å². The van der Waals surface area contributed by atoms with E-state index in [1.54, 1.807) is 38.3 Å². The number of ether oxygens (including phenoxy) is 2. The number of nitrogens with two attached hydrogens (primary N) is 1. The van der Waals surface area contributed by atoms with Crippen molar-refractivity contribution in [3.8, 4) is 0 Å². The lowest BCUT2D eigenvalue weighted by Crippen LogP contribution is -2.43. The van der Waals surface area contributed by atoms with E-state index in [0.29, 0.717) is 25.1 Å². The molecule has 0 aliphatic carbocycles. The second-order valence-corrected chi connectivity index (χ2v) is 11.8. The highest BCUT2D eigenvalue weighted by Crippen LogP contribution is 2.22. The minimum atomic E-state index is -3.83. The van der Waals surface area contributed by atoms with Gasteiger partial charge in [-0.25, -0.2) is 5.84 Å². The number of rotatable bonds is 15. The number of hydrogen-bond donors (Lipinski definition) is 2. The summed E-state index contributed by atoms with van der Waals surface area (Å²) in [6, 6.07) is 6.19. The van der Waals surface area contributed by atoms with Gasteiger partial charge in [0.25, 0.3) is 10.0 Å². The summed E-state index contributed by atoms with van der Waals surface area (Å²) in [5.41, 5.74) is 1.61. The maximum atomic E-state index is 12.3. The number of carbonyl (C=O) groups is 1. The molecule has 1 fully saturated rings. The zero-order valence-corrected chi connectivity index (χ0v) is 26.6. The molecule has 0 aromatic heterocycles. The fourth-order valence-corrected chi connectivity index (χ4v) is 5.20. The zero-order chi connectivity index (χ0) is 31.2. The van der Waals surface area contributed by atoms with Crippen molar-refractivity contribution in [1.29, 1.82) is 0 Å². The van der Waals surface area contributed by atoms with Crippen LogP contribution in [0.2, 0.25) is 0 Å². The highest BCUT2D eigenvalue weighted by atomic mass is 32.2. The summed E-state index contributed by atoms with van der Waals surface area (Å²) in [6.07, 6.45) is 4.94. The lowest BCUT2D eigenvalue weighted by Gasteiger charge is -2.36. The van der Waals surface area contributed by atoms with Crippen LogP contribution >= 0.6 is 0 Å². The van der Waals surface area contributed by atoms with Crippen LogP contribution in [0, 0.1) is 0 Å². The third kappa shape index (κ3) is 12.9. The van der Waals surface area contributed by atoms with E-state index >= 15 is 0 Å². The van der Waals surface area contributed by atoms with Gasteiger partial charge in [0.05, 0.1) is 30.2 Å². The monoisotopic (exact) mass is 598 g/mol. The Bertz CT molecular complexity index is 1060. The molecule has 4 unspecified atom stereocenters. The normalized spacial score (nSPS) is 20.4. The molecular formula is C28H50N6O6S. The number of aliphatic hydroxyl groups is 1. The Morgan fingerprint density at radius 2 is 1.83 bits per heavy atom. The zero-order valence-electron chi connectivity index (χ0n) is 25.8. The Morgan fingerprint density at radius 1 is 1.20 bits per heavy atom. The van der Waals surface area contributed by atoms with Gasteiger partial charge in [0.15, 0.2) is 6.29 Å². The molecule has 1 saturated heterocycles. The molecular weight excluding hydrogens is 548 g/mol. The van der Waals surface area contributed by atoms with E-state index in [9.17, 15) is 18.3 Å². The van der Waals surface area contributed by atoms with Gasteiger partial charge in [-0.3, -0.25) is 4.79 Å². The number of carbonyl (C=O) groups excluding carboxylic acids is 1. The predicted molar refractivity (Wildman–Crippen MR) is 163 cm³/mol. The molecule has 12 nitrogen and oxygen atoms in total. The highest BCUT2D eigenvalue weighted by Gasteiger charge is 2.28. The lowest BCUT2D eigenvalue weighted by molar-refractivity contribution is -0.173. The molecule has 1 aromatic carbocycles. The molecule has 4 atom stereocenters. The van der Waals surface area contributed by atoms with E-state index < -0.39 is 22.4 Å². The van der Waals surface area contributed by atoms with Crippen LogP contribution in [0.25, 0.3) is 0 Å². The summed E-state index contributed by atoms with van der Waals surface area (Å²) in [4.78, 5) is 17.1. The molecule has 1 aromatic rings. The first-order valence-corrected chi connectivity index (χ1v) is 15.3. The van der Waals surface area contributed by atoms with Crippen molar-refractivity contribution in [3.05, 3.63) is 36.0 Å². The van der Waals surface area contributed by atoms with Gasteiger partial charge in [-0.1, -0.05) is 19.4 Å². The van der Waals surface area contributed by atoms with Gasteiger partial charge in [0.1, 0.15) is 6.34 Å². The fourth-order valence-electron chi connectivity index (χ4n) is 4.28. The van der Waals surface area contributed by atoms with Crippen LogP contribution in [0.5, 0.6) is 0 Å². The number of hydrogen-bond acceptors (Lipinski definition) is 9. The topological polar surface area (TPSA) is 141 Å². The Hall–Kier alpha value is -2.55. The van der Waals surface area contributed by atoms with Gasteiger partial charge in [-0.2, -0.15) is 8.42 Å². The molecule has 1 aliphatic heterocycles. The van der Waals surface area contributed by atoms with Gasteiger partial charge >= 0.3 is 0 Å². The van der Waals surface area contributed by atoms with Crippen molar-refractivity contribution in [3.63, 3.8) is 0 Å². The molecule has 234 valence electrons. The SMILES string of the molecule is CC.COC(CN(N)/C=C(\C)CCN(C)C1CC(C)OC(O)C1)CN(C=O)c1ccc(S(=O)(=O)N=CN(C)C)cc1. The maximum absolute atomic E-state index is 12.3. The number of nitrogens with zero attached hydrogens (tertiary/aromatic N) is 5. The van der Waals surface area contributed by atoms with E-state index in [-0.39, 0.29) is 23.6 Å². The minimum absolute atomic E-state index is 0.0281. The maximum Gasteiger partial charge on any atom is 0.283 e. The summed E-state index contributed by atoms with van der Waals surface area (Å²) >= 11 is 0. The summed E-state index contributed by atoms with van der Waals surface area (Å²) < 4.78 is 39.3. The van der Waals surface area contributed by atoms with Crippen molar-refractivity contribution in [2.24, 2.45) is 10.2 Å². The first kappa shape index (κ1) is 36.5. The molecule has 0 bridgehead atoms. The van der Waals surface area contributed by atoms with E-state index in [4.69, 9.17) is 15.3 Å². The van der Waals surface area contributed by atoms with Gasteiger partial charge in [-0.15, -0.1) is 4.40 Å². The molecule has 1 amide bonds. The van der Waals surface area contributed by atoms with Crippen molar-refractivity contribution >= 4 is 28.5 Å². The number of hydrazine groups is 1. The molecule has 0 spiro atoms. The van der Waals surface area contributed by atoms with Crippen LogP contribution in [-0.4, -0.2) is 114 Å². The molecule has 0 saturated carbocycles. The standard InChI is InChI=1S/C26H44N6O6S.C2H6/c1-20(11-12-30(5)23-13-21(2)38-26(34)14-23)15-32(27)17-24(37-6)16-31(19-33)22-7-9-25(10-8-22)39(35,36)28-18-29(3)4;1-2/h7-10,15,18-19,21,23-24,26,34H,11-14,16-17,27H2,1-6H3;1-2H3/b20-15+,28-18?;. The number of methoxy groups -OCH3 is 1. The predicted octanol–water partition coefficient (Wildman–Crippen LogP) is 2.26. The number of sulfonamides is 1. The Balaban J connectivity index is 0.00000411. The first-order valence-electron chi connectivity index (χ1n) is 13.9. The number of aliphatic hydroxyl groups excluding tert-OH is 1. The van der Waals surface area contributed by atoms with Crippen LogP contribution < -0.4 is 10.7 Å². The summed E-state index contributed by atoms with van der Waals surface area (Å²) in [5.74, 6) is 6.23. The molecule has 0 radical (unpaired) electrons. The summed E-state index contributed by atoms with van der Waals surface area (Å²) in [6.45, 7) is 9.36. The quantitative estimate of drug-likeness (QED) is 0.102. The Morgan fingerprint density at radius 3 is 2.37 bits per heavy atom. The van der Waals surface area contributed by atoms with Crippen LogP contribution in [-0.2, 0) is 24.3 Å².